The minimum atomic E-state index is -0.581. The number of amides is 1. The summed E-state index contributed by atoms with van der Waals surface area (Å²) in [6.45, 7) is 0. The Morgan fingerprint density at radius 2 is 2.19 bits per heavy atom. The lowest BCUT2D eigenvalue weighted by Gasteiger charge is -1.99. The van der Waals surface area contributed by atoms with Crippen LogP contribution in [0, 0.1) is 5.82 Å². The van der Waals surface area contributed by atoms with E-state index in [2.05, 4.69) is 10.3 Å². The van der Waals surface area contributed by atoms with Crippen LogP contribution in [0.5, 0.6) is 0 Å². The number of nitrogens with one attached hydrogen (secondary N) is 1. The van der Waals surface area contributed by atoms with Crippen LogP contribution in [0.2, 0.25) is 0 Å². The van der Waals surface area contributed by atoms with E-state index < -0.39 is 11.7 Å². The molecule has 0 bridgehead atoms. The van der Waals surface area contributed by atoms with Crippen LogP contribution in [0.25, 0.3) is 5.69 Å². The third kappa shape index (κ3) is 1.75. The summed E-state index contributed by atoms with van der Waals surface area (Å²) in [5.74, 6) is 3.90. The van der Waals surface area contributed by atoms with Crippen LogP contribution in [-0.4, -0.2) is 20.9 Å². The number of hydrogen-bond acceptors (Lipinski definition) is 4. The van der Waals surface area contributed by atoms with Gasteiger partial charge in [0.05, 0.1) is 6.20 Å². The molecule has 3 N–H and O–H groups in total. The highest BCUT2D eigenvalue weighted by atomic mass is 19.1. The Hall–Kier alpha value is -2.28. The number of carbonyl (C=O) groups is 1. The second-order valence-corrected chi connectivity index (χ2v) is 2.97. The van der Waals surface area contributed by atoms with E-state index in [1.807, 2.05) is 5.43 Å². The fraction of sp³-hybridized carbons (Fsp3) is 0. The molecule has 1 aromatic carbocycles. The number of hydrazine groups is 1. The van der Waals surface area contributed by atoms with Crippen LogP contribution in [0.15, 0.2) is 30.5 Å². The SMILES string of the molecule is NNC(=O)c1cn(-c2ccccc2F)nn1. The highest BCUT2D eigenvalue weighted by Gasteiger charge is 2.11. The van der Waals surface area contributed by atoms with Gasteiger partial charge in [0.1, 0.15) is 11.5 Å². The molecule has 6 nitrogen and oxygen atoms in total. The number of nitrogens with two attached hydrogens (primary N) is 1. The van der Waals surface area contributed by atoms with Crippen molar-refractivity contribution in [3.63, 3.8) is 0 Å². The minimum Gasteiger partial charge on any atom is -0.289 e. The minimum absolute atomic E-state index is 0.0192. The van der Waals surface area contributed by atoms with Crippen molar-refractivity contribution in [2.75, 3.05) is 0 Å². The molecule has 0 radical (unpaired) electrons. The van der Waals surface area contributed by atoms with Crippen LogP contribution in [-0.2, 0) is 0 Å². The van der Waals surface area contributed by atoms with Crippen molar-refractivity contribution >= 4 is 5.91 Å². The summed E-state index contributed by atoms with van der Waals surface area (Å²) in [7, 11) is 0. The molecular formula is C9H8FN5O. The van der Waals surface area contributed by atoms with Crippen molar-refractivity contribution in [2.24, 2.45) is 5.84 Å². The maximum atomic E-state index is 13.4. The highest BCUT2D eigenvalue weighted by Crippen LogP contribution is 2.11. The predicted molar refractivity (Wildman–Crippen MR) is 53.0 cm³/mol. The van der Waals surface area contributed by atoms with Gasteiger partial charge in [-0.1, -0.05) is 17.3 Å². The molecule has 1 heterocycles. The van der Waals surface area contributed by atoms with Crippen LogP contribution in [0.3, 0.4) is 0 Å². The molecule has 0 unspecified atom stereocenters. The van der Waals surface area contributed by atoms with Crippen LogP contribution in [0.4, 0.5) is 4.39 Å². The summed E-state index contributed by atoms with van der Waals surface area (Å²) in [6.07, 6.45) is 1.29. The largest absolute Gasteiger partial charge is 0.289 e. The molecule has 0 spiro atoms. The number of nitrogens with zero attached hydrogens (tertiary/aromatic N) is 3. The van der Waals surface area contributed by atoms with Gasteiger partial charge in [-0.25, -0.2) is 14.9 Å². The van der Waals surface area contributed by atoms with Gasteiger partial charge in [0, 0.05) is 0 Å². The topological polar surface area (TPSA) is 85.8 Å². The molecule has 0 atom stereocenters. The lowest BCUT2D eigenvalue weighted by Crippen LogP contribution is -2.30. The number of halogens is 1. The van der Waals surface area contributed by atoms with Gasteiger partial charge >= 0.3 is 0 Å². The summed E-state index contributed by atoms with van der Waals surface area (Å²) in [4.78, 5) is 11.1. The predicted octanol–water partition coefficient (Wildman–Crippen LogP) is 0.00990. The van der Waals surface area contributed by atoms with E-state index in [1.165, 1.54) is 23.0 Å². The molecular weight excluding hydrogens is 213 g/mol. The molecule has 0 aliphatic rings. The monoisotopic (exact) mass is 221 g/mol. The summed E-state index contributed by atoms with van der Waals surface area (Å²) in [5, 5.41) is 7.19. The van der Waals surface area contributed by atoms with Crippen molar-refractivity contribution in [1.29, 1.82) is 0 Å². The van der Waals surface area contributed by atoms with E-state index in [0.717, 1.165) is 0 Å². The van der Waals surface area contributed by atoms with Crippen molar-refractivity contribution in [1.82, 2.24) is 20.4 Å². The molecule has 1 aromatic heterocycles. The molecule has 0 saturated heterocycles. The average Bonchev–Trinajstić information content (AvgIpc) is 2.78. The first kappa shape index (κ1) is 10.2. The van der Waals surface area contributed by atoms with Gasteiger partial charge in [0.2, 0.25) is 0 Å². The Bertz CT molecular complexity index is 524. The van der Waals surface area contributed by atoms with E-state index in [-0.39, 0.29) is 11.4 Å². The molecule has 2 aromatic rings. The van der Waals surface area contributed by atoms with Gasteiger partial charge in [-0.05, 0) is 12.1 Å². The first-order chi connectivity index (χ1) is 7.72. The zero-order valence-corrected chi connectivity index (χ0v) is 8.09. The van der Waals surface area contributed by atoms with Gasteiger partial charge in [-0.3, -0.25) is 10.2 Å². The summed E-state index contributed by atoms with van der Waals surface area (Å²) in [5.41, 5.74) is 2.15. The van der Waals surface area contributed by atoms with Crippen LogP contribution >= 0.6 is 0 Å². The fourth-order valence-electron chi connectivity index (χ4n) is 1.20. The number of rotatable bonds is 2. The summed E-state index contributed by atoms with van der Waals surface area (Å²) in [6, 6.07) is 6.03. The summed E-state index contributed by atoms with van der Waals surface area (Å²) >= 11 is 0. The quantitative estimate of drug-likeness (QED) is 0.425. The van der Waals surface area contributed by atoms with Gasteiger partial charge in [0.25, 0.3) is 5.91 Å². The van der Waals surface area contributed by atoms with Crippen molar-refractivity contribution in [3.8, 4) is 5.69 Å². The van der Waals surface area contributed by atoms with Gasteiger partial charge < -0.3 is 0 Å². The average molecular weight is 221 g/mol. The lowest BCUT2D eigenvalue weighted by molar-refractivity contribution is 0.0948. The van der Waals surface area contributed by atoms with Crippen LogP contribution < -0.4 is 11.3 Å². The maximum absolute atomic E-state index is 13.4. The van der Waals surface area contributed by atoms with Gasteiger partial charge in [-0.2, -0.15) is 0 Å². The van der Waals surface area contributed by atoms with Crippen LogP contribution in [0.1, 0.15) is 10.5 Å². The fourth-order valence-corrected chi connectivity index (χ4v) is 1.20. The standard InChI is InChI=1S/C9H8FN5O/c10-6-3-1-2-4-8(6)15-5-7(13-14-15)9(16)12-11/h1-5H,11H2,(H,12,16). The van der Waals surface area contributed by atoms with E-state index in [0.29, 0.717) is 0 Å². The molecule has 7 heteroatoms. The highest BCUT2D eigenvalue weighted by molar-refractivity contribution is 5.91. The van der Waals surface area contributed by atoms with Crippen molar-refractivity contribution in [2.45, 2.75) is 0 Å². The second-order valence-electron chi connectivity index (χ2n) is 2.97. The maximum Gasteiger partial charge on any atom is 0.287 e. The molecule has 0 aliphatic heterocycles. The Kier molecular flexibility index (Phi) is 2.61. The number of para-hydroxylation sites is 1. The van der Waals surface area contributed by atoms with Crippen molar-refractivity contribution < 1.29 is 9.18 Å². The first-order valence-corrected chi connectivity index (χ1v) is 4.40. The first-order valence-electron chi connectivity index (χ1n) is 4.40. The van der Waals surface area contributed by atoms with E-state index in [9.17, 15) is 9.18 Å². The third-order valence-electron chi connectivity index (χ3n) is 1.96. The smallest absolute Gasteiger partial charge is 0.287 e. The molecule has 82 valence electrons. The molecule has 1 amide bonds. The number of nitrogen functional groups attached to an aromatic ring is 1. The lowest BCUT2D eigenvalue weighted by atomic mass is 10.3. The molecule has 0 saturated carbocycles. The Morgan fingerprint density at radius 3 is 2.88 bits per heavy atom. The molecule has 0 fully saturated rings. The van der Waals surface area contributed by atoms with E-state index in [1.54, 1.807) is 12.1 Å². The number of carbonyl (C=O) groups excluding carboxylic acids is 1. The van der Waals surface area contributed by atoms with Gasteiger partial charge in [-0.15, -0.1) is 5.10 Å². The summed E-state index contributed by atoms with van der Waals surface area (Å²) < 4.78 is 14.5. The molecule has 2 rings (SSSR count). The third-order valence-corrected chi connectivity index (χ3v) is 1.96. The Morgan fingerprint density at radius 1 is 1.44 bits per heavy atom. The molecule has 0 aliphatic carbocycles. The van der Waals surface area contributed by atoms with Gasteiger partial charge in [0.15, 0.2) is 5.69 Å². The van der Waals surface area contributed by atoms with E-state index in [4.69, 9.17) is 5.84 Å². The zero-order valence-electron chi connectivity index (χ0n) is 8.09. The Balaban J connectivity index is 2.39. The number of hydrogen-bond donors (Lipinski definition) is 2. The molecule has 16 heavy (non-hydrogen) atoms. The van der Waals surface area contributed by atoms with Crippen molar-refractivity contribution in [3.05, 3.63) is 42.0 Å². The van der Waals surface area contributed by atoms with E-state index >= 15 is 0 Å². The number of benzene rings is 1. The second kappa shape index (κ2) is 4.07. The normalized spacial score (nSPS) is 10.1. The Labute approximate surface area is 89.8 Å². The number of aromatic nitrogens is 3. The zero-order chi connectivity index (χ0) is 11.5.